The lowest BCUT2D eigenvalue weighted by Gasteiger charge is -2.52. The summed E-state index contributed by atoms with van der Waals surface area (Å²) >= 11 is 0. The van der Waals surface area contributed by atoms with E-state index >= 15 is 0 Å². The van der Waals surface area contributed by atoms with Gasteiger partial charge in [0.15, 0.2) is 69.2 Å². The van der Waals surface area contributed by atoms with Crippen molar-refractivity contribution < 1.29 is 277 Å². The van der Waals surface area contributed by atoms with Crippen molar-refractivity contribution in [2.24, 2.45) is 0 Å². The Hall–Kier alpha value is -4.69. The molecule has 55 atom stereocenters. The largest absolute Gasteiger partial charge is 0.394 e. The van der Waals surface area contributed by atoms with E-state index in [1.54, 1.807) is 0 Å². The van der Waals surface area contributed by atoms with Gasteiger partial charge in [0.1, 0.15) is 268 Å². The second-order valence-electron chi connectivity index (χ2n) is 34.5. The molecule has 11 aliphatic rings. The number of carbonyl (C=O) groups is 5. The monoisotopic (exact) mass is 2010 g/mol. The van der Waals surface area contributed by atoms with E-state index in [9.17, 15) is 177 Å². The Labute approximate surface area is 775 Å². The van der Waals surface area contributed by atoms with Crippen LogP contribution in [0.25, 0.3) is 0 Å². The molecule has 11 fully saturated rings. The predicted octanol–water partition coefficient (Wildman–Crippen LogP) is -24.3. The van der Waals surface area contributed by atoms with Crippen molar-refractivity contribution >= 4 is 29.5 Å². The topological polar surface area (TPSA) is 946 Å². The zero-order chi connectivity index (χ0) is 101. The number of aliphatic hydroxyl groups is 30. The van der Waals surface area contributed by atoms with Crippen molar-refractivity contribution in [3.63, 3.8) is 0 Å². The van der Waals surface area contributed by atoms with Crippen molar-refractivity contribution in [3.05, 3.63) is 0 Å². The van der Waals surface area contributed by atoms with Gasteiger partial charge in [0.25, 0.3) is 0 Å². The first-order valence-corrected chi connectivity index (χ1v) is 43.7. The number of nitrogens with one attached hydrogen (secondary N) is 5. The summed E-state index contributed by atoms with van der Waals surface area (Å²) in [5.41, 5.74) is 0. The maximum atomic E-state index is 13.5. The zero-order valence-corrected chi connectivity index (χ0v) is 73.6. The number of hydrogen-bond donors (Lipinski definition) is 35. The number of hydrogen-bond acceptors (Lipinski definition) is 56. The van der Waals surface area contributed by atoms with E-state index in [2.05, 4.69) is 26.6 Å². The fourth-order valence-corrected chi connectivity index (χ4v) is 17.8. The Morgan fingerprint density at radius 3 is 0.774 bits per heavy atom. The average Bonchev–Trinajstić information content (AvgIpc) is 0.757. The molecule has 0 aromatic carbocycles. The third kappa shape index (κ3) is 25.0. The molecule has 0 aliphatic carbocycles. The lowest BCUT2D eigenvalue weighted by Crippen LogP contribution is -2.72. The minimum atomic E-state index is -2.76. The molecule has 11 saturated heterocycles. The molecular formula is C76H127N5O56. The van der Waals surface area contributed by atoms with Crippen LogP contribution in [-0.2, 0) is 123 Å². The zero-order valence-electron chi connectivity index (χ0n) is 73.6. The third-order valence-corrected chi connectivity index (χ3v) is 25.0. The summed E-state index contributed by atoms with van der Waals surface area (Å²) in [6, 6.07) is -9.92. The van der Waals surface area contributed by atoms with Crippen molar-refractivity contribution in [1.82, 2.24) is 26.6 Å². The second kappa shape index (κ2) is 49.5. The quantitative estimate of drug-likeness (QED) is 0.0277. The fraction of sp³-hybridized carbons (Fsp3) is 0.934. The Bertz CT molecular complexity index is 3780. The van der Waals surface area contributed by atoms with E-state index in [0.717, 1.165) is 34.6 Å². The summed E-state index contributed by atoms with van der Waals surface area (Å²) in [5.74, 6) is -4.92. The van der Waals surface area contributed by atoms with Gasteiger partial charge in [-0.1, -0.05) is 0 Å². The highest BCUT2D eigenvalue weighted by molar-refractivity contribution is 5.75. The Balaban J connectivity index is 0.992. The number of rotatable bonds is 36. The van der Waals surface area contributed by atoms with Gasteiger partial charge in [-0.2, -0.15) is 0 Å². The van der Waals surface area contributed by atoms with Crippen LogP contribution < -0.4 is 26.6 Å². The highest BCUT2D eigenvalue weighted by Crippen LogP contribution is 2.43. The number of amides is 5. The summed E-state index contributed by atoms with van der Waals surface area (Å²) in [5, 5.41) is 350. The van der Waals surface area contributed by atoms with Crippen LogP contribution in [0.15, 0.2) is 0 Å². The van der Waals surface area contributed by atoms with Gasteiger partial charge in [0.05, 0.1) is 72.7 Å². The van der Waals surface area contributed by atoms with Gasteiger partial charge in [0, 0.05) is 34.6 Å². The van der Waals surface area contributed by atoms with Gasteiger partial charge in [-0.25, -0.2) is 0 Å². The Morgan fingerprint density at radius 1 is 0.190 bits per heavy atom. The standard InChI is InChI=1S/C76H127N5O56/c1-17(92)77-33-44(103)57(27(11-87)118-66(33)116)129-67-34(78-18(2)93)46(105)60(30(14-90)124-67)133-74-56(115)63(43(102)32(128-74)16-117-75-64(51(110)41(100)25(9-85)123-75)136-69-36(80-20(4)95)47(106)59(29(13-89)126-69)132-72-53(112)49(108)39(98)23(7-83)121-72)135-76-65(137-70-37(81-21(5)96)62(42(101)26(10-86)119-70)134-73-54(113)50(109)40(99)24(8-84)122-73)55(114)61(31(15-91)127-76)130-68-35(79-19(3)94)45(104)58(28(12-88)125-68)131-71-52(111)48(107)38(97)22(6-82)120-71/h22-76,82-91,97-116H,6-16H2,1-5H3,(H,77,92)(H,78,93)(H,79,94)(H,80,95)(H,81,96)/t22-,23-,24-,25-,26-,27-,28-,29-,30-,31-,32-,33-,34-,35-,36-,37-,38+,39+,40+,41-,42-,43-,44-,45-,46-,47-,48+,49+,50+,51+,52-,53-,54-,55+,56+,57-,58-,59-,60-,61-,62-,63+,64+,65+,66?,67+,68+,69+,70+,71+,72+,73+,74+,75+,76-/m1/s1. The van der Waals surface area contributed by atoms with Crippen LogP contribution in [0.5, 0.6) is 0 Å². The van der Waals surface area contributed by atoms with Gasteiger partial charge in [0.2, 0.25) is 29.5 Å². The van der Waals surface area contributed by atoms with Gasteiger partial charge in [-0.15, -0.1) is 0 Å². The third-order valence-electron chi connectivity index (χ3n) is 25.0. The first-order valence-electron chi connectivity index (χ1n) is 43.7. The Kier molecular flexibility index (Phi) is 40.7. The van der Waals surface area contributed by atoms with Crippen molar-refractivity contribution in [3.8, 4) is 0 Å². The van der Waals surface area contributed by atoms with E-state index in [1.807, 2.05) is 0 Å². The second-order valence-corrected chi connectivity index (χ2v) is 34.5. The minimum absolute atomic E-state index is 0.832. The van der Waals surface area contributed by atoms with Crippen LogP contribution in [0.4, 0.5) is 0 Å². The minimum Gasteiger partial charge on any atom is -0.394 e. The van der Waals surface area contributed by atoms with Gasteiger partial charge < -0.3 is 279 Å². The maximum absolute atomic E-state index is 13.5. The van der Waals surface area contributed by atoms with E-state index in [1.165, 1.54) is 0 Å². The molecule has 137 heavy (non-hydrogen) atoms. The molecule has 35 N–H and O–H groups in total. The van der Waals surface area contributed by atoms with Gasteiger partial charge in [-0.3, -0.25) is 24.0 Å². The molecule has 792 valence electrons. The molecule has 11 heterocycles. The van der Waals surface area contributed by atoms with Crippen molar-refractivity contribution in [1.29, 1.82) is 0 Å². The SMILES string of the molecule is CC(=O)N[C@H]1[C@H](O[C@H]2[C@H](O)[C@@H](NC(C)=O)C(O)O[C@@H]2CO)O[C@H](CO)[C@@H](O[C@@H]2O[C@H](CO[C@H]3O[C@H](CO)[C@@H](O)[C@H](O)[C@@H]3O[C@@H]3O[C@H](CO)[C@@H](O[C@@H]4O[C@H](CO)[C@H](O)[C@H](O)[C@H]4O)[C@H](O)[C@H]3NC(C)=O)[C@@H](O)[C@H](O[C@H]3O[C@H](CO)[C@@H](O[C@@H]4O[C@H](CO)[C@@H](O[C@@H]5O[C@H](CO)[C@H](O)[C@H](O)[C@H]5O)[C@H](O)[C@H]4NC(C)=O)[C@H](O)[C@@H]3O[C@@H]3O[C@H](CO)[C@@H](O)[C@H](O[C@@H]4O[C@H](CO)[C@H](O)[C@H](O)[C@H]4O)[C@H]3NC(C)=O)[C@@H]2O)[C@@H]1O. The fourth-order valence-electron chi connectivity index (χ4n) is 17.8. The van der Waals surface area contributed by atoms with Crippen LogP contribution in [0.3, 0.4) is 0 Å². The van der Waals surface area contributed by atoms with Crippen LogP contribution in [0, 0.1) is 0 Å². The molecule has 1 unspecified atom stereocenters. The molecule has 0 bridgehead atoms. The lowest BCUT2D eigenvalue weighted by molar-refractivity contribution is -0.406. The van der Waals surface area contributed by atoms with Crippen molar-refractivity contribution in [2.45, 2.75) is 372 Å². The normalized spacial score (nSPS) is 48.9. The summed E-state index contributed by atoms with van der Waals surface area (Å²) in [6.45, 7) is -8.45. The highest BCUT2D eigenvalue weighted by atomic mass is 16.8. The van der Waals surface area contributed by atoms with Crippen LogP contribution in [0.1, 0.15) is 34.6 Å². The molecular weight excluding hydrogens is 1880 g/mol. The molecule has 11 rings (SSSR count). The highest BCUT2D eigenvalue weighted by Gasteiger charge is 2.64. The first kappa shape index (κ1) is 113. The lowest BCUT2D eigenvalue weighted by atomic mass is 9.93. The van der Waals surface area contributed by atoms with Gasteiger partial charge >= 0.3 is 0 Å². The molecule has 0 spiro atoms. The smallest absolute Gasteiger partial charge is 0.217 e. The predicted molar refractivity (Wildman–Crippen MR) is 420 cm³/mol. The van der Waals surface area contributed by atoms with E-state index in [4.69, 9.17) is 99.5 Å². The molecule has 5 amide bonds. The van der Waals surface area contributed by atoms with E-state index < -0.39 is 440 Å². The molecule has 61 heteroatoms. The van der Waals surface area contributed by atoms with Crippen molar-refractivity contribution in [2.75, 3.05) is 72.7 Å². The molecule has 0 aromatic heterocycles. The van der Waals surface area contributed by atoms with Crippen LogP contribution in [0.2, 0.25) is 0 Å². The average molecular weight is 2010 g/mol. The first-order chi connectivity index (χ1) is 64.9. The summed E-state index contributed by atoms with van der Waals surface area (Å²) < 4.78 is 127. The summed E-state index contributed by atoms with van der Waals surface area (Å²) in [7, 11) is 0. The molecule has 0 radical (unpaired) electrons. The van der Waals surface area contributed by atoms with Crippen LogP contribution in [-0.4, -0.2) is 593 Å². The number of aliphatic hydroxyl groups excluding tert-OH is 30. The Morgan fingerprint density at radius 2 is 0.416 bits per heavy atom. The molecule has 11 aliphatic heterocycles. The van der Waals surface area contributed by atoms with Crippen LogP contribution >= 0.6 is 0 Å². The number of ether oxygens (including phenoxy) is 21. The van der Waals surface area contributed by atoms with E-state index in [0.29, 0.717) is 0 Å². The molecule has 0 aromatic rings. The van der Waals surface area contributed by atoms with E-state index in [-0.39, 0.29) is 0 Å². The van der Waals surface area contributed by atoms with Gasteiger partial charge in [-0.05, 0) is 0 Å². The summed E-state index contributed by atoms with van der Waals surface area (Å²) in [4.78, 5) is 65.4. The molecule has 0 saturated carbocycles. The molecule has 61 nitrogen and oxygen atoms in total. The number of carbonyl (C=O) groups excluding carboxylic acids is 5. The summed E-state index contributed by atoms with van der Waals surface area (Å²) in [6.07, 6.45) is -109. The maximum Gasteiger partial charge on any atom is 0.217 e.